The molecule has 21 heavy (non-hydrogen) atoms. The third kappa shape index (κ3) is 2.60. The molecule has 1 aromatic rings. The van der Waals surface area contributed by atoms with E-state index >= 15 is 0 Å². The highest BCUT2D eigenvalue weighted by molar-refractivity contribution is 5.91. The first-order valence-electron chi connectivity index (χ1n) is 8.60. The molecule has 2 heterocycles. The monoisotopic (exact) mass is 288 g/mol. The summed E-state index contributed by atoms with van der Waals surface area (Å²) in [5, 5.41) is 4.10. The first kappa shape index (κ1) is 13.4. The van der Waals surface area contributed by atoms with Gasteiger partial charge in [0.25, 0.3) is 5.91 Å². The molecule has 0 aromatic carbocycles. The molecular weight excluding hydrogens is 264 g/mol. The minimum absolute atomic E-state index is 0.0770. The van der Waals surface area contributed by atoms with E-state index in [2.05, 4.69) is 10.1 Å². The van der Waals surface area contributed by atoms with E-state index in [1.54, 1.807) is 0 Å². The quantitative estimate of drug-likeness (QED) is 0.833. The molecule has 114 valence electrons. The summed E-state index contributed by atoms with van der Waals surface area (Å²) in [6.45, 7) is 0.888. The number of carbonyl (C=O) groups is 1. The predicted octanol–water partition coefficient (Wildman–Crippen LogP) is 3.74. The van der Waals surface area contributed by atoms with Crippen molar-refractivity contribution in [3.8, 4) is 0 Å². The maximum Gasteiger partial charge on any atom is 0.292 e. The van der Waals surface area contributed by atoms with Crippen LogP contribution >= 0.6 is 0 Å². The van der Waals surface area contributed by atoms with Crippen LogP contribution in [0.1, 0.15) is 80.0 Å². The summed E-state index contributed by atoms with van der Waals surface area (Å²) in [4.78, 5) is 15.0. The van der Waals surface area contributed by atoms with E-state index in [0.717, 1.165) is 18.7 Å². The summed E-state index contributed by atoms with van der Waals surface area (Å²) in [6.07, 6.45) is 11.1. The molecule has 1 amide bonds. The average Bonchev–Trinajstić information content (AvgIpc) is 3.28. The minimum atomic E-state index is 0.0770. The molecule has 4 nitrogen and oxygen atoms in total. The molecule has 0 spiro atoms. The van der Waals surface area contributed by atoms with Crippen LogP contribution in [0.4, 0.5) is 0 Å². The smallest absolute Gasteiger partial charge is 0.292 e. The van der Waals surface area contributed by atoms with Gasteiger partial charge in [0, 0.05) is 24.6 Å². The van der Waals surface area contributed by atoms with Crippen LogP contribution in [-0.2, 0) is 0 Å². The number of nitrogens with zero attached hydrogens (tertiary/aromatic N) is 2. The Bertz CT molecular complexity index is 521. The van der Waals surface area contributed by atoms with Gasteiger partial charge in [-0.05, 0) is 44.4 Å². The van der Waals surface area contributed by atoms with Crippen LogP contribution in [0.3, 0.4) is 0 Å². The van der Waals surface area contributed by atoms with Crippen molar-refractivity contribution in [2.24, 2.45) is 5.92 Å². The summed E-state index contributed by atoms with van der Waals surface area (Å²) < 4.78 is 5.36. The van der Waals surface area contributed by atoms with E-state index in [1.807, 2.05) is 6.07 Å². The molecule has 3 fully saturated rings. The molecule has 0 bridgehead atoms. The fraction of sp³-hybridized carbons (Fsp3) is 0.765. The molecule has 2 atom stereocenters. The Labute approximate surface area is 125 Å². The maximum atomic E-state index is 12.9. The van der Waals surface area contributed by atoms with Crippen molar-refractivity contribution in [3.63, 3.8) is 0 Å². The number of carbonyl (C=O) groups excluding carboxylic acids is 1. The fourth-order valence-corrected chi connectivity index (χ4v) is 4.14. The molecular formula is C17H24N2O2. The third-order valence-corrected chi connectivity index (χ3v) is 5.49. The number of fused-ring (bicyclic) bond motifs is 1. The Morgan fingerprint density at radius 1 is 1.10 bits per heavy atom. The molecule has 1 aliphatic heterocycles. The lowest BCUT2D eigenvalue weighted by molar-refractivity contribution is 0.0528. The van der Waals surface area contributed by atoms with Crippen LogP contribution in [-0.4, -0.2) is 28.6 Å². The van der Waals surface area contributed by atoms with Crippen molar-refractivity contribution in [3.05, 3.63) is 17.5 Å². The van der Waals surface area contributed by atoms with Crippen molar-refractivity contribution in [1.82, 2.24) is 10.1 Å². The number of hydrogen-bond acceptors (Lipinski definition) is 3. The Morgan fingerprint density at radius 3 is 2.67 bits per heavy atom. The molecule has 2 aliphatic carbocycles. The number of likely N-dealkylation sites (tertiary alicyclic amines) is 1. The van der Waals surface area contributed by atoms with Gasteiger partial charge >= 0.3 is 0 Å². The van der Waals surface area contributed by atoms with Crippen LogP contribution < -0.4 is 0 Å². The number of aromatic nitrogens is 1. The molecule has 0 unspecified atom stereocenters. The number of amides is 1. The topological polar surface area (TPSA) is 46.3 Å². The van der Waals surface area contributed by atoms with Gasteiger partial charge in [0.15, 0.2) is 0 Å². The van der Waals surface area contributed by atoms with E-state index < -0.39 is 0 Å². The largest absolute Gasteiger partial charge is 0.351 e. The maximum absolute atomic E-state index is 12.9. The van der Waals surface area contributed by atoms with Crippen LogP contribution in [0.5, 0.6) is 0 Å². The van der Waals surface area contributed by atoms with E-state index in [0.29, 0.717) is 23.6 Å². The summed E-state index contributed by atoms with van der Waals surface area (Å²) in [6, 6.07) is 2.33. The van der Waals surface area contributed by atoms with Crippen molar-refractivity contribution in [2.45, 2.75) is 69.7 Å². The normalized spacial score (nSPS) is 29.8. The number of rotatable bonds is 2. The first-order valence-corrected chi connectivity index (χ1v) is 8.60. The second-order valence-corrected chi connectivity index (χ2v) is 7.00. The van der Waals surface area contributed by atoms with Crippen LogP contribution in [0.15, 0.2) is 10.6 Å². The van der Waals surface area contributed by atoms with Crippen LogP contribution in [0.25, 0.3) is 0 Å². The van der Waals surface area contributed by atoms with E-state index in [-0.39, 0.29) is 5.91 Å². The highest BCUT2D eigenvalue weighted by Gasteiger charge is 2.36. The fourth-order valence-electron chi connectivity index (χ4n) is 4.14. The SMILES string of the molecule is O=C(c1cc(C2CC2)no1)N1CCCC[C@@H]2CCCC[C@H]21. The molecule has 4 heteroatoms. The van der Waals surface area contributed by atoms with Crippen molar-refractivity contribution >= 4 is 5.91 Å². The van der Waals surface area contributed by atoms with Crippen molar-refractivity contribution in [1.29, 1.82) is 0 Å². The average molecular weight is 288 g/mol. The van der Waals surface area contributed by atoms with E-state index in [4.69, 9.17) is 4.52 Å². The zero-order valence-electron chi connectivity index (χ0n) is 12.6. The Kier molecular flexibility index (Phi) is 3.48. The zero-order chi connectivity index (χ0) is 14.2. The molecule has 4 rings (SSSR count). The van der Waals surface area contributed by atoms with Crippen LogP contribution in [0.2, 0.25) is 0 Å². The first-order chi connectivity index (χ1) is 10.3. The van der Waals surface area contributed by atoms with Gasteiger partial charge in [-0.15, -0.1) is 0 Å². The lowest BCUT2D eigenvalue weighted by Gasteiger charge is -2.37. The van der Waals surface area contributed by atoms with Gasteiger partial charge in [-0.1, -0.05) is 24.4 Å². The summed E-state index contributed by atoms with van der Waals surface area (Å²) in [7, 11) is 0. The molecule has 1 aromatic heterocycles. The highest BCUT2D eigenvalue weighted by atomic mass is 16.5. The van der Waals surface area contributed by atoms with Gasteiger partial charge in [0.05, 0.1) is 5.69 Å². The zero-order valence-corrected chi connectivity index (χ0v) is 12.6. The van der Waals surface area contributed by atoms with Gasteiger partial charge in [0.1, 0.15) is 0 Å². The lowest BCUT2D eigenvalue weighted by atomic mass is 9.81. The van der Waals surface area contributed by atoms with Gasteiger partial charge in [-0.3, -0.25) is 4.79 Å². The second kappa shape index (κ2) is 5.47. The van der Waals surface area contributed by atoms with E-state index in [9.17, 15) is 4.79 Å². The Balaban J connectivity index is 1.55. The minimum Gasteiger partial charge on any atom is -0.351 e. The summed E-state index contributed by atoms with van der Waals surface area (Å²) in [5.74, 6) is 1.79. The lowest BCUT2D eigenvalue weighted by Crippen LogP contribution is -2.45. The summed E-state index contributed by atoms with van der Waals surface area (Å²) >= 11 is 0. The Morgan fingerprint density at radius 2 is 1.86 bits per heavy atom. The third-order valence-electron chi connectivity index (χ3n) is 5.49. The second-order valence-electron chi connectivity index (χ2n) is 7.00. The Hall–Kier alpha value is -1.32. The standard InChI is InChI=1S/C17H24N2O2/c20-17(16-11-14(18-21-16)12-8-9-12)19-10-4-3-6-13-5-1-2-7-15(13)19/h11-13,15H,1-10H2/t13-,15+/m0/s1. The van der Waals surface area contributed by atoms with Crippen LogP contribution in [0, 0.1) is 5.92 Å². The highest BCUT2D eigenvalue weighted by Crippen LogP contribution is 2.40. The predicted molar refractivity (Wildman–Crippen MR) is 79.1 cm³/mol. The molecule has 0 N–H and O–H groups in total. The van der Waals surface area contributed by atoms with Gasteiger partial charge in [-0.2, -0.15) is 0 Å². The molecule has 1 saturated heterocycles. The van der Waals surface area contributed by atoms with Crippen molar-refractivity contribution in [2.75, 3.05) is 6.54 Å². The molecule has 3 aliphatic rings. The van der Waals surface area contributed by atoms with Gasteiger partial charge in [0.2, 0.25) is 5.76 Å². The van der Waals surface area contributed by atoms with Crippen molar-refractivity contribution < 1.29 is 9.32 Å². The van der Waals surface area contributed by atoms with Gasteiger partial charge < -0.3 is 9.42 Å². The molecule has 2 saturated carbocycles. The van der Waals surface area contributed by atoms with Gasteiger partial charge in [-0.25, -0.2) is 0 Å². The van der Waals surface area contributed by atoms with E-state index in [1.165, 1.54) is 51.4 Å². The molecule has 0 radical (unpaired) electrons. The number of hydrogen-bond donors (Lipinski definition) is 0. The summed E-state index contributed by atoms with van der Waals surface area (Å²) in [5.41, 5.74) is 0.980.